The molecule has 0 saturated heterocycles. The fourth-order valence-electron chi connectivity index (χ4n) is 8.97. The topological polar surface area (TPSA) is 35.5 Å². The molecular formula is C29H52O3Si. The second-order valence-electron chi connectivity index (χ2n) is 14.4. The molecule has 33 heavy (non-hydrogen) atoms. The molecule has 0 bridgehead atoms. The molecule has 4 aliphatic carbocycles. The van der Waals surface area contributed by atoms with Crippen LogP contribution in [0.25, 0.3) is 0 Å². The quantitative estimate of drug-likeness (QED) is 0.305. The first-order valence-electron chi connectivity index (χ1n) is 14.1. The van der Waals surface area contributed by atoms with E-state index in [0.29, 0.717) is 34.7 Å². The van der Waals surface area contributed by atoms with Gasteiger partial charge in [-0.2, -0.15) is 0 Å². The number of carbonyl (C=O) groups excluding carboxylic acids is 1. The van der Waals surface area contributed by atoms with Crippen LogP contribution in [0, 0.1) is 40.4 Å². The van der Waals surface area contributed by atoms with Gasteiger partial charge in [0.15, 0.2) is 8.32 Å². The van der Waals surface area contributed by atoms with Crippen molar-refractivity contribution in [1.29, 1.82) is 0 Å². The van der Waals surface area contributed by atoms with E-state index in [9.17, 15) is 4.79 Å². The molecule has 4 aliphatic rings. The predicted octanol–water partition coefficient (Wildman–Crippen LogP) is 7.99. The summed E-state index contributed by atoms with van der Waals surface area (Å²) in [6.07, 6.45) is 11.9. The number of rotatable bonds is 4. The summed E-state index contributed by atoms with van der Waals surface area (Å²) in [5.41, 5.74) is 0.820. The van der Waals surface area contributed by atoms with Crippen LogP contribution in [0.2, 0.25) is 18.1 Å². The SMILES string of the molecule is CC[C@H]1CC[C@H]2[C@@H]3[C@H](OC(C)=O)C[C@@H]4C[C@H](O[Si](C)(C)C(C)(C)C)CC[C@]4(C)[C@H]3CC[C@]12C. The Hall–Kier alpha value is -0.353. The van der Waals surface area contributed by atoms with Crippen LogP contribution in [-0.2, 0) is 14.0 Å². The normalized spacial score (nSPS) is 45.7. The second kappa shape index (κ2) is 8.64. The van der Waals surface area contributed by atoms with Gasteiger partial charge in [0.05, 0.1) is 0 Å². The lowest BCUT2D eigenvalue weighted by atomic mass is 9.44. The highest BCUT2D eigenvalue weighted by molar-refractivity contribution is 6.74. The zero-order valence-corrected chi connectivity index (χ0v) is 24.1. The highest BCUT2D eigenvalue weighted by atomic mass is 28.4. The van der Waals surface area contributed by atoms with E-state index in [4.69, 9.17) is 9.16 Å². The molecule has 0 aliphatic heterocycles. The van der Waals surface area contributed by atoms with E-state index in [0.717, 1.165) is 24.7 Å². The Morgan fingerprint density at radius 1 is 0.970 bits per heavy atom. The number of esters is 1. The molecule has 0 radical (unpaired) electrons. The minimum Gasteiger partial charge on any atom is -0.462 e. The molecule has 0 unspecified atom stereocenters. The third kappa shape index (κ3) is 4.28. The van der Waals surface area contributed by atoms with Crippen LogP contribution < -0.4 is 0 Å². The summed E-state index contributed by atoms with van der Waals surface area (Å²) < 4.78 is 13.1. The van der Waals surface area contributed by atoms with E-state index in [1.54, 1.807) is 6.92 Å². The number of hydrogen-bond donors (Lipinski definition) is 0. The summed E-state index contributed by atoms with van der Waals surface area (Å²) in [4.78, 5) is 12.2. The summed E-state index contributed by atoms with van der Waals surface area (Å²) in [5, 5.41) is 0.248. The maximum atomic E-state index is 12.2. The number of hydrogen-bond acceptors (Lipinski definition) is 3. The van der Waals surface area contributed by atoms with Crippen molar-refractivity contribution in [2.75, 3.05) is 0 Å². The molecule has 0 aromatic rings. The van der Waals surface area contributed by atoms with Crippen molar-refractivity contribution in [3.05, 3.63) is 0 Å². The maximum absolute atomic E-state index is 12.2. The van der Waals surface area contributed by atoms with Crippen LogP contribution >= 0.6 is 0 Å². The summed E-state index contributed by atoms with van der Waals surface area (Å²) in [5.74, 6) is 3.36. The standard InChI is InChI=1S/C29H52O3Si/c1-10-20-11-12-23-26-24(14-16-28(20,23)6)29(7)15-13-22(32-33(8,9)27(3,4)5)17-21(29)18-25(26)31-19(2)30/h20-26H,10-18H2,1-9H3/t20-,21-,22+,23-,24-,25+,26-,28+,29-/m0/s1. The molecule has 4 saturated carbocycles. The van der Waals surface area contributed by atoms with Crippen molar-refractivity contribution in [3.63, 3.8) is 0 Å². The number of carbonyl (C=O) groups is 1. The van der Waals surface area contributed by atoms with Gasteiger partial charge in [0.2, 0.25) is 0 Å². The minimum atomic E-state index is -1.78. The van der Waals surface area contributed by atoms with Crippen LogP contribution in [0.5, 0.6) is 0 Å². The summed E-state index contributed by atoms with van der Waals surface area (Å²) in [6, 6.07) is 0. The Morgan fingerprint density at radius 2 is 1.61 bits per heavy atom. The Kier molecular flexibility index (Phi) is 6.74. The van der Waals surface area contributed by atoms with Gasteiger partial charge < -0.3 is 9.16 Å². The van der Waals surface area contributed by atoms with Crippen LogP contribution in [0.1, 0.15) is 106 Å². The molecule has 9 atom stereocenters. The molecule has 3 nitrogen and oxygen atoms in total. The molecule has 190 valence electrons. The van der Waals surface area contributed by atoms with Gasteiger partial charge >= 0.3 is 5.97 Å². The lowest BCUT2D eigenvalue weighted by Crippen LogP contribution is -2.59. The van der Waals surface area contributed by atoms with Crippen molar-refractivity contribution in [2.24, 2.45) is 40.4 Å². The van der Waals surface area contributed by atoms with Gasteiger partial charge in [-0.1, -0.05) is 48.0 Å². The molecule has 0 amide bonds. The van der Waals surface area contributed by atoms with Gasteiger partial charge in [0.1, 0.15) is 6.10 Å². The first-order valence-corrected chi connectivity index (χ1v) is 17.0. The zero-order valence-electron chi connectivity index (χ0n) is 23.1. The van der Waals surface area contributed by atoms with Crippen LogP contribution in [-0.4, -0.2) is 26.5 Å². The summed E-state index contributed by atoms with van der Waals surface area (Å²) in [7, 11) is -1.78. The van der Waals surface area contributed by atoms with E-state index < -0.39 is 8.32 Å². The Balaban J connectivity index is 1.59. The maximum Gasteiger partial charge on any atom is 0.302 e. The van der Waals surface area contributed by atoms with Crippen molar-refractivity contribution >= 4 is 14.3 Å². The molecule has 4 heteroatoms. The fraction of sp³-hybridized carbons (Fsp3) is 0.966. The third-order valence-electron chi connectivity index (χ3n) is 11.9. The second-order valence-corrected chi connectivity index (χ2v) is 19.1. The molecule has 4 rings (SSSR count). The fourth-order valence-corrected chi connectivity index (χ4v) is 10.4. The summed E-state index contributed by atoms with van der Waals surface area (Å²) >= 11 is 0. The van der Waals surface area contributed by atoms with Crippen LogP contribution in [0.3, 0.4) is 0 Å². The highest BCUT2D eigenvalue weighted by Crippen LogP contribution is 2.68. The van der Waals surface area contributed by atoms with E-state index in [1.807, 2.05) is 0 Å². The van der Waals surface area contributed by atoms with Gasteiger partial charge in [-0.05, 0) is 104 Å². The van der Waals surface area contributed by atoms with Crippen molar-refractivity contribution in [3.8, 4) is 0 Å². The minimum absolute atomic E-state index is 0.0791. The Labute approximate surface area is 205 Å². The van der Waals surface area contributed by atoms with Crippen molar-refractivity contribution < 1.29 is 14.0 Å². The van der Waals surface area contributed by atoms with Crippen LogP contribution in [0.15, 0.2) is 0 Å². The van der Waals surface area contributed by atoms with E-state index in [2.05, 4.69) is 54.6 Å². The first-order chi connectivity index (χ1) is 15.2. The van der Waals surface area contributed by atoms with Crippen LogP contribution in [0.4, 0.5) is 0 Å². The molecule has 0 aromatic heterocycles. The average Bonchev–Trinajstić information content (AvgIpc) is 3.03. The predicted molar refractivity (Wildman–Crippen MR) is 139 cm³/mol. The molecular weight excluding hydrogens is 424 g/mol. The molecule has 0 heterocycles. The first kappa shape index (κ1) is 25.7. The number of ether oxygens (including phenoxy) is 1. The van der Waals surface area contributed by atoms with Gasteiger partial charge in [0.25, 0.3) is 0 Å². The van der Waals surface area contributed by atoms with Gasteiger partial charge in [-0.15, -0.1) is 0 Å². The molecule has 0 N–H and O–H groups in total. The third-order valence-corrected chi connectivity index (χ3v) is 16.4. The van der Waals surface area contributed by atoms with Crippen molar-refractivity contribution in [1.82, 2.24) is 0 Å². The lowest BCUT2D eigenvalue weighted by Gasteiger charge is -2.63. The molecule has 4 fully saturated rings. The monoisotopic (exact) mass is 476 g/mol. The largest absolute Gasteiger partial charge is 0.462 e. The number of fused-ring (bicyclic) bond motifs is 5. The summed E-state index contributed by atoms with van der Waals surface area (Å²) in [6.45, 7) is 21.0. The Bertz CT molecular complexity index is 742. The Morgan fingerprint density at radius 3 is 2.21 bits per heavy atom. The smallest absolute Gasteiger partial charge is 0.302 e. The average molecular weight is 477 g/mol. The van der Waals surface area contributed by atoms with E-state index in [-0.39, 0.29) is 17.1 Å². The van der Waals surface area contributed by atoms with Crippen molar-refractivity contribution in [2.45, 2.75) is 137 Å². The van der Waals surface area contributed by atoms with E-state index in [1.165, 1.54) is 44.9 Å². The highest BCUT2D eigenvalue weighted by Gasteiger charge is 2.63. The lowest BCUT2D eigenvalue weighted by molar-refractivity contribution is -0.192. The zero-order chi connectivity index (χ0) is 24.4. The van der Waals surface area contributed by atoms with Gasteiger partial charge in [0, 0.05) is 18.9 Å². The van der Waals surface area contributed by atoms with Gasteiger partial charge in [-0.3, -0.25) is 4.79 Å². The van der Waals surface area contributed by atoms with Gasteiger partial charge in [-0.25, -0.2) is 0 Å². The molecule has 0 aromatic carbocycles. The molecule has 0 spiro atoms. The van der Waals surface area contributed by atoms with E-state index >= 15 is 0 Å².